The van der Waals surface area contributed by atoms with Gasteiger partial charge in [0.25, 0.3) is 0 Å². The molecule has 0 rings (SSSR count). The summed E-state index contributed by atoms with van der Waals surface area (Å²) < 4.78 is 5.15. The number of rotatable bonds is 9. The second kappa shape index (κ2) is 12.2. The van der Waals surface area contributed by atoms with Gasteiger partial charge in [0.2, 0.25) is 0 Å². The average Bonchev–Trinajstić information content (AvgIpc) is 2.43. The maximum absolute atomic E-state index is 11.6. The fraction of sp³-hybridized carbons (Fsp3) is 0.842. The van der Waals surface area contributed by atoms with Gasteiger partial charge in [-0.15, -0.1) is 5.92 Å². The molecular formula is C19H35NO3. The first-order chi connectivity index (χ1) is 10.8. The molecule has 0 aliphatic rings. The average molecular weight is 325 g/mol. The molecule has 0 radical (unpaired) electrons. The van der Waals surface area contributed by atoms with Crippen LogP contribution in [0.5, 0.6) is 0 Å². The van der Waals surface area contributed by atoms with Crippen LogP contribution in [0.25, 0.3) is 0 Å². The third kappa shape index (κ3) is 14.1. The highest BCUT2D eigenvalue weighted by Gasteiger charge is 2.20. The Morgan fingerprint density at radius 3 is 2.26 bits per heavy atom. The van der Waals surface area contributed by atoms with Crippen LogP contribution in [0, 0.1) is 11.8 Å². The molecule has 0 bridgehead atoms. The normalized spacial score (nSPS) is 13.7. The second-order valence-electron chi connectivity index (χ2n) is 7.07. The number of ether oxygens (including phenoxy) is 1. The van der Waals surface area contributed by atoms with Crippen molar-refractivity contribution in [1.29, 1.82) is 0 Å². The van der Waals surface area contributed by atoms with E-state index in [1.54, 1.807) is 27.7 Å². The van der Waals surface area contributed by atoms with Crippen LogP contribution < -0.4 is 5.32 Å². The molecule has 0 aliphatic heterocycles. The first-order valence-electron chi connectivity index (χ1n) is 8.92. The number of carbonyl (C=O) groups excluding carboxylic acids is 1. The van der Waals surface area contributed by atoms with E-state index in [-0.39, 0.29) is 0 Å². The minimum atomic E-state index is -0.868. The van der Waals surface area contributed by atoms with Gasteiger partial charge >= 0.3 is 6.09 Å². The van der Waals surface area contributed by atoms with Crippen molar-refractivity contribution >= 4 is 6.09 Å². The van der Waals surface area contributed by atoms with Crippen molar-refractivity contribution in [3.63, 3.8) is 0 Å². The van der Waals surface area contributed by atoms with E-state index in [4.69, 9.17) is 4.74 Å². The summed E-state index contributed by atoms with van der Waals surface area (Å²) in [4.78, 5) is 11.6. The summed E-state index contributed by atoms with van der Waals surface area (Å²) in [7, 11) is 0. The summed E-state index contributed by atoms with van der Waals surface area (Å²) in [6, 6.07) is -0.452. The molecule has 0 saturated heterocycles. The Bertz CT molecular complexity index is 376. The van der Waals surface area contributed by atoms with Crippen molar-refractivity contribution in [2.24, 2.45) is 0 Å². The summed E-state index contributed by atoms with van der Waals surface area (Å²) in [5, 5.41) is 12.5. The van der Waals surface area contributed by atoms with Gasteiger partial charge < -0.3 is 15.2 Å². The molecule has 4 nitrogen and oxygen atoms in total. The van der Waals surface area contributed by atoms with Crippen LogP contribution in [0.15, 0.2) is 0 Å². The number of hydrogen-bond donors (Lipinski definition) is 2. The lowest BCUT2D eigenvalue weighted by Gasteiger charge is -2.22. The van der Waals surface area contributed by atoms with Gasteiger partial charge in [-0.25, -0.2) is 4.79 Å². The van der Waals surface area contributed by atoms with E-state index in [1.807, 2.05) is 0 Å². The number of unbranched alkanes of at least 4 members (excludes halogenated alkanes) is 7. The molecule has 0 unspecified atom stereocenters. The summed E-state index contributed by atoms with van der Waals surface area (Å²) in [6.07, 6.45) is 8.16. The topological polar surface area (TPSA) is 58.6 Å². The molecule has 134 valence electrons. The molecule has 23 heavy (non-hydrogen) atoms. The fourth-order valence-corrected chi connectivity index (χ4v) is 2.04. The Kier molecular flexibility index (Phi) is 11.6. The van der Waals surface area contributed by atoms with Crippen molar-refractivity contribution in [2.75, 3.05) is 0 Å². The lowest BCUT2D eigenvalue weighted by atomic mass is 10.1. The van der Waals surface area contributed by atoms with Crippen LogP contribution in [0.1, 0.15) is 86.0 Å². The number of hydrogen-bond acceptors (Lipinski definition) is 3. The minimum absolute atomic E-state index is 0.452. The zero-order chi connectivity index (χ0) is 17.7. The zero-order valence-corrected chi connectivity index (χ0v) is 15.6. The van der Waals surface area contributed by atoms with Crippen molar-refractivity contribution in [1.82, 2.24) is 5.32 Å². The van der Waals surface area contributed by atoms with Crippen molar-refractivity contribution in [3.05, 3.63) is 0 Å². The molecule has 0 aromatic carbocycles. The summed E-state index contributed by atoms with van der Waals surface area (Å²) >= 11 is 0. The standard InChI is InChI=1S/C19H35NO3/c1-6-7-8-9-10-11-12-13-14-15-17(21)16(2)20-18(22)23-19(3,4)5/h16-17,21H,6-13H2,1-5H3,(H,20,22)/t16-,17+/m0/s1. The van der Waals surface area contributed by atoms with Gasteiger partial charge in [-0.3, -0.25) is 0 Å². The molecule has 2 atom stereocenters. The smallest absolute Gasteiger partial charge is 0.407 e. The van der Waals surface area contributed by atoms with E-state index < -0.39 is 23.8 Å². The summed E-state index contributed by atoms with van der Waals surface area (Å²) in [6.45, 7) is 9.35. The van der Waals surface area contributed by atoms with Crippen LogP contribution >= 0.6 is 0 Å². The third-order valence-corrected chi connectivity index (χ3v) is 3.37. The second-order valence-corrected chi connectivity index (χ2v) is 7.07. The Morgan fingerprint density at radius 2 is 1.70 bits per heavy atom. The van der Waals surface area contributed by atoms with E-state index in [2.05, 4.69) is 24.1 Å². The molecule has 0 fully saturated rings. The van der Waals surface area contributed by atoms with Crippen molar-refractivity contribution in [2.45, 2.75) is 104 Å². The van der Waals surface area contributed by atoms with E-state index >= 15 is 0 Å². The van der Waals surface area contributed by atoms with Gasteiger partial charge in [0.05, 0.1) is 6.04 Å². The third-order valence-electron chi connectivity index (χ3n) is 3.37. The number of aliphatic hydroxyl groups excluding tert-OH is 1. The lowest BCUT2D eigenvalue weighted by Crippen LogP contribution is -2.43. The van der Waals surface area contributed by atoms with E-state index in [9.17, 15) is 9.90 Å². The molecule has 0 aromatic heterocycles. The maximum Gasteiger partial charge on any atom is 0.407 e. The molecule has 0 heterocycles. The predicted octanol–water partition coefficient (Wildman–Crippen LogP) is 4.40. The summed E-state index contributed by atoms with van der Waals surface area (Å²) in [5.74, 6) is 5.79. The molecule has 2 N–H and O–H groups in total. The highest BCUT2D eigenvalue weighted by Crippen LogP contribution is 2.08. The molecule has 0 aromatic rings. The summed E-state index contributed by atoms with van der Waals surface area (Å²) in [5.41, 5.74) is -0.544. The van der Waals surface area contributed by atoms with Gasteiger partial charge in [-0.2, -0.15) is 0 Å². The van der Waals surface area contributed by atoms with Crippen LogP contribution in [0.2, 0.25) is 0 Å². The SMILES string of the molecule is CCCCCCCCCC#C[C@@H](O)[C@H](C)NC(=O)OC(C)(C)C. The number of alkyl carbamates (subject to hydrolysis) is 1. The van der Waals surface area contributed by atoms with Crippen LogP contribution in [0.4, 0.5) is 4.79 Å². The fourth-order valence-electron chi connectivity index (χ4n) is 2.04. The number of amides is 1. The molecule has 0 aliphatic carbocycles. The monoisotopic (exact) mass is 325 g/mol. The van der Waals surface area contributed by atoms with Gasteiger partial charge in [0.1, 0.15) is 11.7 Å². The quantitative estimate of drug-likeness (QED) is 0.488. The lowest BCUT2D eigenvalue weighted by molar-refractivity contribution is 0.0469. The Hall–Kier alpha value is -1.21. The first kappa shape index (κ1) is 21.8. The Labute approximate surface area is 142 Å². The van der Waals surface area contributed by atoms with E-state index in [0.717, 1.165) is 12.8 Å². The van der Waals surface area contributed by atoms with Crippen molar-refractivity contribution < 1.29 is 14.6 Å². The minimum Gasteiger partial charge on any atom is -0.444 e. The van der Waals surface area contributed by atoms with Crippen LogP contribution in [-0.2, 0) is 4.74 Å². The molecule has 0 saturated carbocycles. The van der Waals surface area contributed by atoms with Gasteiger partial charge in [0, 0.05) is 6.42 Å². The first-order valence-corrected chi connectivity index (χ1v) is 8.92. The van der Waals surface area contributed by atoms with Gasteiger partial charge in [0.15, 0.2) is 0 Å². The van der Waals surface area contributed by atoms with Gasteiger partial charge in [-0.1, -0.05) is 51.4 Å². The van der Waals surface area contributed by atoms with Crippen molar-refractivity contribution in [3.8, 4) is 11.8 Å². The predicted molar refractivity (Wildman–Crippen MR) is 95.2 cm³/mol. The Balaban J connectivity index is 3.83. The number of nitrogens with one attached hydrogen (secondary N) is 1. The Morgan fingerprint density at radius 1 is 1.13 bits per heavy atom. The highest BCUT2D eigenvalue weighted by atomic mass is 16.6. The van der Waals surface area contributed by atoms with E-state index in [0.29, 0.717) is 0 Å². The zero-order valence-electron chi connectivity index (χ0n) is 15.6. The maximum atomic E-state index is 11.6. The van der Waals surface area contributed by atoms with Gasteiger partial charge in [-0.05, 0) is 34.1 Å². The largest absolute Gasteiger partial charge is 0.444 e. The van der Waals surface area contributed by atoms with Crippen LogP contribution in [-0.4, -0.2) is 28.9 Å². The number of carbonyl (C=O) groups is 1. The molecule has 0 spiro atoms. The molecule has 1 amide bonds. The van der Waals surface area contributed by atoms with Crippen LogP contribution in [0.3, 0.4) is 0 Å². The number of aliphatic hydroxyl groups is 1. The molecular weight excluding hydrogens is 290 g/mol. The molecule has 4 heteroatoms. The van der Waals surface area contributed by atoms with E-state index in [1.165, 1.54) is 38.5 Å². The highest BCUT2D eigenvalue weighted by molar-refractivity contribution is 5.68.